The summed E-state index contributed by atoms with van der Waals surface area (Å²) in [6.45, 7) is 2.69. The molecule has 0 radical (unpaired) electrons. The lowest BCUT2D eigenvalue weighted by Crippen LogP contribution is -2.31. The average molecular weight is 552 g/mol. The first-order chi connectivity index (χ1) is 15.5. The molecule has 0 bridgehead atoms. The molecule has 0 spiro atoms. The minimum Gasteiger partial charge on any atom is -0.465 e. The predicted molar refractivity (Wildman–Crippen MR) is 124 cm³/mol. The van der Waals surface area contributed by atoms with Crippen LogP contribution in [0.15, 0.2) is 47.2 Å². The topological polar surface area (TPSA) is 112 Å². The van der Waals surface area contributed by atoms with Gasteiger partial charge in [-0.2, -0.15) is 0 Å². The van der Waals surface area contributed by atoms with Crippen molar-refractivity contribution in [2.75, 3.05) is 13.2 Å². The number of hydrogen-bond acceptors (Lipinski definition) is 6. The molecule has 0 aliphatic carbocycles. The summed E-state index contributed by atoms with van der Waals surface area (Å²) in [5.74, 6) is 1.18. The van der Waals surface area contributed by atoms with E-state index in [1.807, 2.05) is 41.8 Å². The van der Waals surface area contributed by atoms with Gasteiger partial charge in [0.15, 0.2) is 12.1 Å². The Morgan fingerprint density at radius 1 is 1.38 bits per heavy atom. The summed E-state index contributed by atoms with van der Waals surface area (Å²) >= 11 is 2.25. The molecule has 3 unspecified atom stereocenters. The number of rotatable bonds is 8. The zero-order valence-electron chi connectivity index (χ0n) is 17.6. The molecule has 1 aliphatic heterocycles. The van der Waals surface area contributed by atoms with Crippen molar-refractivity contribution in [2.24, 2.45) is 0 Å². The molecule has 3 aromatic rings. The third-order valence-corrected chi connectivity index (χ3v) is 6.05. The number of amides is 1. The van der Waals surface area contributed by atoms with Gasteiger partial charge in [-0.25, -0.2) is 9.78 Å². The van der Waals surface area contributed by atoms with Crippen LogP contribution in [-0.4, -0.2) is 45.3 Å². The van der Waals surface area contributed by atoms with Crippen LogP contribution in [0.4, 0.5) is 4.79 Å². The molecule has 170 valence electrons. The second-order valence-corrected chi connectivity index (χ2v) is 8.84. The molecule has 1 amide bonds. The first-order valence-electron chi connectivity index (χ1n) is 10.5. The lowest BCUT2D eigenvalue weighted by molar-refractivity contribution is -0.188. The number of hydrogen-bond donors (Lipinski definition) is 2. The second kappa shape index (κ2) is 10.5. The van der Waals surface area contributed by atoms with Crippen LogP contribution in [0.5, 0.6) is 0 Å². The molecule has 1 aromatic carbocycles. The summed E-state index contributed by atoms with van der Waals surface area (Å²) in [5.41, 5.74) is 1.60. The quantitative estimate of drug-likeness (QED) is 0.393. The maximum absolute atomic E-state index is 11.2. The van der Waals surface area contributed by atoms with Crippen LogP contribution >= 0.6 is 22.6 Å². The Bertz CT molecular complexity index is 1030. The van der Waals surface area contributed by atoms with Crippen LogP contribution in [0.1, 0.15) is 49.9 Å². The molecule has 3 heterocycles. The van der Waals surface area contributed by atoms with E-state index >= 15 is 0 Å². The van der Waals surface area contributed by atoms with Crippen molar-refractivity contribution >= 4 is 28.7 Å². The third kappa shape index (κ3) is 5.48. The first-order valence-corrected chi connectivity index (χ1v) is 11.6. The molecule has 1 fully saturated rings. The van der Waals surface area contributed by atoms with Crippen molar-refractivity contribution in [1.82, 2.24) is 20.0 Å². The Morgan fingerprint density at radius 3 is 2.91 bits per heavy atom. The normalized spacial score (nSPS) is 18.2. The summed E-state index contributed by atoms with van der Waals surface area (Å²) in [6.07, 6.45) is 4.68. The van der Waals surface area contributed by atoms with Gasteiger partial charge in [0.2, 0.25) is 0 Å². The van der Waals surface area contributed by atoms with Gasteiger partial charge in [-0.15, -0.1) is 0 Å². The van der Waals surface area contributed by atoms with Crippen LogP contribution in [0.25, 0.3) is 11.3 Å². The number of aromatic nitrogens is 3. The van der Waals surface area contributed by atoms with Gasteiger partial charge in [0, 0.05) is 40.7 Å². The number of nitrogens with zero attached hydrogens (tertiary/aromatic N) is 3. The van der Waals surface area contributed by atoms with E-state index in [9.17, 15) is 9.90 Å². The van der Waals surface area contributed by atoms with Crippen LogP contribution in [0, 0.1) is 3.57 Å². The van der Waals surface area contributed by atoms with Crippen LogP contribution < -0.4 is 5.32 Å². The van der Waals surface area contributed by atoms with Gasteiger partial charge in [-0.05, 0) is 60.9 Å². The monoisotopic (exact) mass is 552 g/mol. The van der Waals surface area contributed by atoms with E-state index in [0.29, 0.717) is 23.9 Å². The van der Waals surface area contributed by atoms with Gasteiger partial charge in [0.25, 0.3) is 0 Å². The molecule has 2 aromatic heterocycles. The standard InChI is InChI=1S/C22H25IN4O5/c1-14(31-20-4-2-3-11-30-20)21-24-9-10-27(21)18(13-25-22(28)29)19-12-17(26-32-19)15-5-7-16(23)8-6-15/h5-10,12,14,18,20,25H,2-4,11,13H2,1H3,(H,28,29). The molecule has 1 saturated heterocycles. The van der Waals surface area contributed by atoms with E-state index in [1.54, 1.807) is 12.4 Å². The SMILES string of the molecule is CC(OC1CCCCO1)c1nccn1C(CNC(=O)O)c1cc(-c2ccc(I)cc2)no1. The Balaban J connectivity index is 1.59. The maximum Gasteiger partial charge on any atom is 0.404 e. The number of halogens is 1. The zero-order chi connectivity index (χ0) is 22.5. The summed E-state index contributed by atoms with van der Waals surface area (Å²) in [4.78, 5) is 15.7. The van der Waals surface area contributed by atoms with Gasteiger partial charge in [-0.1, -0.05) is 17.3 Å². The van der Waals surface area contributed by atoms with Crippen molar-refractivity contribution in [2.45, 2.75) is 44.6 Å². The van der Waals surface area contributed by atoms with Gasteiger partial charge in [0.05, 0.1) is 0 Å². The Hall–Kier alpha value is -2.44. The van der Waals surface area contributed by atoms with E-state index in [-0.39, 0.29) is 18.9 Å². The van der Waals surface area contributed by atoms with Crippen molar-refractivity contribution in [3.8, 4) is 11.3 Å². The second-order valence-electron chi connectivity index (χ2n) is 7.59. The van der Waals surface area contributed by atoms with Crippen molar-refractivity contribution in [3.05, 3.63) is 57.9 Å². The number of ether oxygens (including phenoxy) is 2. The highest BCUT2D eigenvalue weighted by Gasteiger charge is 2.27. The molecule has 9 nitrogen and oxygen atoms in total. The Morgan fingerprint density at radius 2 is 2.19 bits per heavy atom. The van der Waals surface area contributed by atoms with E-state index in [1.165, 1.54) is 0 Å². The summed E-state index contributed by atoms with van der Waals surface area (Å²) < 4.78 is 20.4. The molecule has 4 rings (SSSR count). The Kier molecular flexibility index (Phi) is 7.43. The molecule has 10 heteroatoms. The third-order valence-electron chi connectivity index (χ3n) is 5.34. The van der Waals surface area contributed by atoms with Gasteiger partial charge >= 0.3 is 6.09 Å². The highest BCUT2D eigenvalue weighted by Crippen LogP contribution is 2.29. The Labute approximate surface area is 199 Å². The summed E-state index contributed by atoms with van der Waals surface area (Å²) in [7, 11) is 0. The van der Waals surface area contributed by atoms with Crippen molar-refractivity contribution in [1.29, 1.82) is 0 Å². The van der Waals surface area contributed by atoms with Crippen molar-refractivity contribution < 1.29 is 23.9 Å². The van der Waals surface area contributed by atoms with Crippen LogP contribution in [0.3, 0.4) is 0 Å². The molecule has 1 aliphatic rings. The summed E-state index contributed by atoms with van der Waals surface area (Å²) in [5, 5.41) is 15.8. The largest absolute Gasteiger partial charge is 0.465 e. The van der Waals surface area contributed by atoms with Crippen molar-refractivity contribution in [3.63, 3.8) is 0 Å². The van der Waals surface area contributed by atoms with Crippen LogP contribution in [-0.2, 0) is 9.47 Å². The van der Waals surface area contributed by atoms with Gasteiger partial charge < -0.3 is 29.0 Å². The number of imidazole rings is 1. The van der Waals surface area contributed by atoms with E-state index in [0.717, 1.165) is 28.4 Å². The average Bonchev–Trinajstić information content (AvgIpc) is 3.46. The molecule has 2 N–H and O–H groups in total. The minimum atomic E-state index is -1.12. The molecule has 0 saturated carbocycles. The molecular weight excluding hydrogens is 527 g/mol. The molecule has 32 heavy (non-hydrogen) atoms. The number of benzene rings is 1. The highest BCUT2D eigenvalue weighted by atomic mass is 127. The highest BCUT2D eigenvalue weighted by molar-refractivity contribution is 14.1. The smallest absolute Gasteiger partial charge is 0.404 e. The van der Waals surface area contributed by atoms with Gasteiger partial charge in [0.1, 0.15) is 23.7 Å². The number of carboxylic acid groups (broad SMARTS) is 1. The fourth-order valence-corrected chi connectivity index (χ4v) is 4.09. The lowest BCUT2D eigenvalue weighted by atomic mass is 10.1. The van der Waals surface area contributed by atoms with E-state index < -0.39 is 12.1 Å². The maximum atomic E-state index is 11.2. The lowest BCUT2D eigenvalue weighted by Gasteiger charge is -2.27. The van der Waals surface area contributed by atoms with Crippen LogP contribution in [0.2, 0.25) is 0 Å². The minimum absolute atomic E-state index is 0.0899. The predicted octanol–water partition coefficient (Wildman–Crippen LogP) is 4.60. The summed E-state index contributed by atoms with van der Waals surface area (Å²) in [6, 6.07) is 9.28. The number of nitrogens with one attached hydrogen (secondary N) is 1. The fourth-order valence-electron chi connectivity index (χ4n) is 3.73. The zero-order valence-corrected chi connectivity index (χ0v) is 19.8. The van der Waals surface area contributed by atoms with Gasteiger partial charge in [-0.3, -0.25) is 0 Å². The fraction of sp³-hybridized carbons (Fsp3) is 0.409. The molecular formula is C22H25IN4O5. The first kappa shape index (κ1) is 22.7. The van der Waals surface area contributed by atoms with E-state index in [2.05, 4.69) is 38.0 Å². The molecule has 3 atom stereocenters. The number of carbonyl (C=O) groups is 1. The van der Waals surface area contributed by atoms with E-state index in [4.69, 9.17) is 14.0 Å².